The minimum Gasteiger partial charge on any atom is -0.497 e. The Morgan fingerprint density at radius 2 is 1.43 bits per heavy atom. The average Bonchev–Trinajstić information content (AvgIpc) is 2.69. The molecule has 0 saturated carbocycles. The maximum atomic E-state index is 9.10. The maximum absolute atomic E-state index is 9.10. The monoisotopic (exact) mass is 455 g/mol. The van der Waals surface area contributed by atoms with Gasteiger partial charge in [-0.1, -0.05) is 28.1 Å². The van der Waals surface area contributed by atoms with Crippen molar-refractivity contribution in [2.75, 3.05) is 21.3 Å². The van der Waals surface area contributed by atoms with Gasteiger partial charge in [0.15, 0.2) is 11.5 Å². The molecule has 0 amide bonds. The number of carbonyl (C=O) groups is 2. The molecule has 152 valence electrons. The van der Waals surface area contributed by atoms with Gasteiger partial charge in [0.1, 0.15) is 5.75 Å². The van der Waals surface area contributed by atoms with Crippen molar-refractivity contribution in [2.24, 2.45) is 0 Å². The summed E-state index contributed by atoms with van der Waals surface area (Å²) >= 11 is 3.56. The molecule has 0 bridgehead atoms. The van der Waals surface area contributed by atoms with Crippen LogP contribution in [0.1, 0.15) is 11.1 Å². The Balaban J connectivity index is 0.000000568. The highest BCUT2D eigenvalue weighted by atomic mass is 79.9. The summed E-state index contributed by atoms with van der Waals surface area (Å²) in [5.74, 6) is -1.34. The van der Waals surface area contributed by atoms with Crippen LogP contribution in [-0.2, 0) is 22.7 Å². The van der Waals surface area contributed by atoms with Gasteiger partial charge in [0.2, 0.25) is 0 Å². The SMILES string of the molecule is COc1ccc(CNCc2cc(OC)c(OC)cc2Br)cc1.O=C(O)C(=O)O. The lowest BCUT2D eigenvalue weighted by Crippen LogP contribution is -2.13. The topological polar surface area (TPSA) is 114 Å². The van der Waals surface area contributed by atoms with Gasteiger partial charge in [-0.25, -0.2) is 9.59 Å². The van der Waals surface area contributed by atoms with Crippen LogP contribution in [0.5, 0.6) is 17.2 Å². The van der Waals surface area contributed by atoms with E-state index in [2.05, 4.69) is 33.4 Å². The number of hydrogen-bond acceptors (Lipinski definition) is 6. The van der Waals surface area contributed by atoms with Crippen molar-refractivity contribution in [3.05, 3.63) is 52.0 Å². The molecule has 0 aliphatic carbocycles. The zero-order chi connectivity index (χ0) is 21.1. The number of aliphatic carboxylic acids is 2. The van der Waals surface area contributed by atoms with E-state index in [4.69, 9.17) is 34.0 Å². The molecule has 28 heavy (non-hydrogen) atoms. The van der Waals surface area contributed by atoms with Crippen LogP contribution in [0.25, 0.3) is 0 Å². The largest absolute Gasteiger partial charge is 0.497 e. The number of ether oxygens (including phenoxy) is 3. The van der Waals surface area contributed by atoms with E-state index in [1.165, 1.54) is 5.56 Å². The second-order valence-corrected chi connectivity index (χ2v) is 6.21. The number of benzene rings is 2. The maximum Gasteiger partial charge on any atom is 0.414 e. The van der Waals surface area contributed by atoms with Crippen LogP contribution in [0, 0.1) is 0 Å². The van der Waals surface area contributed by atoms with Crippen molar-refractivity contribution in [1.29, 1.82) is 0 Å². The molecule has 3 N–H and O–H groups in total. The second kappa shape index (κ2) is 11.8. The van der Waals surface area contributed by atoms with Crippen molar-refractivity contribution in [3.8, 4) is 17.2 Å². The fourth-order valence-corrected chi connectivity index (χ4v) is 2.58. The first-order chi connectivity index (χ1) is 13.3. The first-order valence-corrected chi connectivity index (χ1v) is 8.81. The Hall–Kier alpha value is -2.78. The minimum atomic E-state index is -1.82. The third-order valence-electron chi connectivity index (χ3n) is 3.54. The van der Waals surface area contributed by atoms with Gasteiger partial charge in [-0.2, -0.15) is 0 Å². The van der Waals surface area contributed by atoms with Crippen LogP contribution in [0.15, 0.2) is 40.9 Å². The van der Waals surface area contributed by atoms with Gasteiger partial charge < -0.3 is 29.7 Å². The van der Waals surface area contributed by atoms with Crippen molar-refractivity contribution >= 4 is 27.9 Å². The summed E-state index contributed by atoms with van der Waals surface area (Å²) in [5.41, 5.74) is 2.32. The zero-order valence-electron chi connectivity index (χ0n) is 15.7. The minimum absolute atomic E-state index is 0.716. The van der Waals surface area contributed by atoms with E-state index >= 15 is 0 Å². The lowest BCUT2D eigenvalue weighted by Gasteiger charge is -2.12. The predicted octanol–water partition coefficient (Wildman–Crippen LogP) is 2.92. The first-order valence-electron chi connectivity index (χ1n) is 8.02. The number of nitrogens with one attached hydrogen (secondary N) is 1. The summed E-state index contributed by atoms with van der Waals surface area (Å²) in [6.07, 6.45) is 0. The number of rotatable bonds is 7. The van der Waals surface area contributed by atoms with Crippen LogP contribution < -0.4 is 19.5 Å². The molecule has 0 fully saturated rings. The van der Waals surface area contributed by atoms with E-state index in [0.717, 1.165) is 34.6 Å². The molecule has 2 aromatic carbocycles. The lowest BCUT2D eigenvalue weighted by atomic mass is 10.2. The molecule has 0 unspecified atom stereocenters. The predicted molar refractivity (Wildman–Crippen MR) is 106 cm³/mol. The molecule has 8 nitrogen and oxygen atoms in total. The van der Waals surface area contributed by atoms with Crippen LogP contribution in [-0.4, -0.2) is 43.5 Å². The number of halogens is 1. The summed E-state index contributed by atoms with van der Waals surface area (Å²) < 4.78 is 16.8. The van der Waals surface area contributed by atoms with E-state index in [-0.39, 0.29) is 0 Å². The fourth-order valence-electron chi connectivity index (χ4n) is 2.12. The van der Waals surface area contributed by atoms with E-state index in [1.807, 2.05) is 24.3 Å². The Morgan fingerprint density at radius 1 is 0.893 bits per heavy atom. The fraction of sp³-hybridized carbons (Fsp3) is 0.263. The molecular weight excluding hydrogens is 434 g/mol. The molecule has 0 aromatic heterocycles. The normalized spacial score (nSPS) is 9.71. The average molecular weight is 456 g/mol. The standard InChI is InChI=1S/C17H20BrNO3.C2H2O4/c1-20-14-6-4-12(5-7-14)10-19-11-13-8-16(21-2)17(22-3)9-15(13)18;3-1(4)2(5)6/h4-9,19H,10-11H2,1-3H3;(H,3,4)(H,5,6). The lowest BCUT2D eigenvalue weighted by molar-refractivity contribution is -0.159. The molecule has 0 spiro atoms. The van der Waals surface area contributed by atoms with Gasteiger partial charge in [-0.15, -0.1) is 0 Å². The van der Waals surface area contributed by atoms with Crippen molar-refractivity contribution in [1.82, 2.24) is 5.32 Å². The summed E-state index contributed by atoms with van der Waals surface area (Å²) in [5, 5.41) is 18.2. The summed E-state index contributed by atoms with van der Waals surface area (Å²) in [7, 11) is 4.94. The number of methoxy groups -OCH3 is 3. The molecule has 0 heterocycles. The molecule has 2 aromatic rings. The zero-order valence-corrected chi connectivity index (χ0v) is 17.3. The van der Waals surface area contributed by atoms with E-state index in [0.29, 0.717) is 5.75 Å². The first kappa shape index (κ1) is 23.3. The van der Waals surface area contributed by atoms with Crippen molar-refractivity contribution < 1.29 is 34.0 Å². The Kier molecular flexibility index (Phi) is 9.83. The molecule has 2 rings (SSSR count). The van der Waals surface area contributed by atoms with Gasteiger partial charge in [-0.3, -0.25) is 0 Å². The third-order valence-corrected chi connectivity index (χ3v) is 4.28. The number of carboxylic acid groups (broad SMARTS) is 2. The molecule has 0 radical (unpaired) electrons. The number of carboxylic acids is 2. The highest BCUT2D eigenvalue weighted by Crippen LogP contribution is 2.33. The molecule has 0 aliphatic rings. The molecule has 0 aliphatic heterocycles. The van der Waals surface area contributed by atoms with Gasteiger partial charge in [0.25, 0.3) is 0 Å². The third kappa shape index (κ3) is 7.45. The summed E-state index contributed by atoms with van der Waals surface area (Å²) in [6.45, 7) is 1.51. The smallest absolute Gasteiger partial charge is 0.414 e. The molecule has 9 heteroatoms. The molecule has 0 atom stereocenters. The van der Waals surface area contributed by atoms with Crippen LogP contribution in [0.2, 0.25) is 0 Å². The van der Waals surface area contributed by atoms with Gasteiger partial charge in [-0.05, 0) is 35.4 Å². The van der Waals surface area contributed by atoms with Gasteiger partial charge in [0.05, 0.1) is 21.3 Å². The highest BCUT2D eigenvalue weighted by Gasteiger charge is 2.09. The van der Waals surface area contributed by atoms with E-state index in [1.54, 1.807) is 21.3 Å². The quantitative estimate of drug-likeness (QED) is 0.545. The van der Waals surface area contributed by atoms with Gasteiger partial charge in [0, 0.05) is 17.6 Å². The van der Waals surface area contributed by atoms with Crippen LogP contribution >= 0.6 is 15.9 Å². The van der Waals surface area contributed by atoms with E-state index in [9.17, 15) is 0 Å². The second-order valence-electron chi connectivity index (χ2n) is 5.36. The summed E-state index contributed by atoms with van der Waals surface area (Å²) in [6, 6.07) is 11.9. The summed E-state index contributed by atoms with van der Waals surface area (Å²) in [4.78, 5) is 18.2. The van der Waals surface area contributed by atoms with Crippen LogP contribution in [0.4, 0.5) is 0 Å². The Bertz CT molecular complexity index is 782. The Morgan fingerprint density at radius 3 is 1.89 bits per heavy atom. The van der Waals surface area contributed by atoms with Crippen molar-refractivity contribution in [3.63, 3.8) is 0 Å². The van der Waals surface area contributed by atoms with Gasteiger partial charge >= 0.3 is 11.9 Å². The van der Waals surface area contributed by atoms with Crippen molar-refractivity contribution in [2.45, 2.75) is 13.1 Å². The molecular formula is C19H22BrNO7. The highest BCUT2D eigenvalue weighted by molar-refractivity contribution is 9.10. The number of hydrogen-bond donors (Lipinski definition) is 3. The van der Waals surface area contributed by atoms with E-state index < -0.39 is 11.9 Å². The Labute approximate surface area is 171 Å². The molecule has 0 saturated heterocycles. The van der Waals surface area contributed by atoms with Crippen LogP contribution in [0.3, 0.4) is 0 Å².